The standard InChI is InChI=1S/C19H23N5/c1-4-14(2)13-20-19(21-16-11-9-15(3)10-12-16)24-18-8-6-5-7-17(18)22-23-24/h5-12,14H,4,13H2,1-3H3,(H,20,21). The van der Waals surface area contributed by atoms with Crippen LogP contribution in [0.25, 0.3) is 11.0 Å². The molecule has 3 aromatic rings. The van der Waals surface area contributed by atoms with E-state index in [2.05, 4.69) is 48.5 Å². The Hall–Kier alpha value is -2.69. The Balaban J connectivity index is 1.96. The van der Waals surface area contributed by atoms with E-state index in [1.54, 1.807) is 4.68 Å². The predicted octanol–water partition coefficient (Wildman–Crippen LogP) is 4.10. The van der Waals surface area contributed by atoms with Gasteiger partial charge < -0.3 is 5.32 Å². The molecule has 0 aliphatic rings. The second-order valence-corrected chi connectivity index (χ2v) is 6.16. The van der Waals surface area contributed by atoms with Gasteiger partial charge in [-0.1, -0.05) is 55.3 Å². The third-order valence-electron chi connectivity index (χ3n) is 4.11. The second-order valence-electron chi connectivity index (χ2n) is 6.16. The zero-order chi connectivity index (χ0) is 16.9. The third-order valence-corrected chi connectivity index (χ3v) is 4.11. The molecule has 0 fully saturated rings. The summed E-state index contributed by atoms with van der Waals surface area (Å²) >= 11 is 0. The van der Waals surface area contributed by atoms with Gasteiger partial charge in [0.1, 0.15) is 5.52 Å². The number of rotatable bonds is 4. The lowest BCUT2D eigenvalue weighted by atomic mass is 10.1. The molecule has 0 spiro atoms. The van der Waals surface area contributed by atoms with E-state index in [1.165, 1.54) is 5.56 Å². The maximum Gasteiger partial charge on any atom is 0.225 e. The van der Waals surface area contributed by atoms with Gasteiger partial charge in [-0.05, 0) is 37.1 Å². The molecule has 0 bridgehead atoms. The Morgan fingerprint density at radius 2 is 1.92 bits per heavy atom. The van der Waals surface area contributed by atoms with Crippen LogP contribution in [-0.4, -0.2) is 27.5 Å². The minimum absolute atomic E-state index is 0.523. The number of nitrogens with one attached hydrogen (secondary N) is 1. The molecule has 5 nitrogen and oxygen atoms in total. The molecule has 5 heteroatoms. The molecule has 1 aromatic heterocycles. The molecule has 1 unspecified atom stereocenters. The average molecular weight is 321 g/mol. The summed E-state index contributed by atoms with van der Waals surface area (Å²) in [6.07, 6.45) is 1.10. The Kier molecular flexibility index (Phi) is 4.89. The lowest BCUT2D eigenvalue weighted by Crippen LogP contribution is -2.24. The van der Waals surface area contributed by atoms with Crippen LogP contribution in [-0.2, 0) is 0 Å². The van der Waals surface area contributed by atoms with Gasteiger partial charge in [0.2, 0.25) is 5.96 Å². The Labute approximate surface area is 142 Å². The SMILES string of the molecule is CCC(C)CN=C(Nc1ccc(C)cc1)n1nnc2ccccc21. The maximum atomic E-state index is 4.77. The predicted molar refractivity (Wildman–Crippen MR) is 99.5 cm³/mol. The van der Waals surface area contributed by atoms with E-state index in [0.717, 1.165) is 29.7 Å². The highest BCUT2D eigenvalue weighted by atomic mass is 15.5. The van der Waals surface area contributed by atoms with Crippen LogP contribution in [0.3, 0.4) is 0 Å². The van der Waals surface area contributed by atoms with Gasteiger partial charge in [0.05, 0.1) is 5.52 Å². The van der Waals surface area contributed by atoms with Gasteiger partial charge in [-0.15, -0.1) is 5.10 Å². The number of fused-ring (bicyclic) bond motifs is 1. The van der Waals surface area contributed by atoms with Crippen LogP contribution in [0.1, 0.15) is 25.8 Å². The molecule has 1 atom stereocenters. The number of hydrogen-bond acceptors (Lipinski definition) is 3. The lowest BCUT2D eigenvalue weighted by molar-refractivity contribution is 0.575. The molecule has 124 valence electrons. The van der Waals surface area contributed by atoms with Crippen LogP contribution in [0.5, 0.6) is 0 Å². The highest BCUT2D eigenvalue weighted by Gasteiger charge is 2.11. The Morgan fingerprint density at radius 1 is 1.17 bits per heavy atom. The van der Waals surface area contributed by atoms with Crippen molar-refractivity contribution in [3.05, 3.63) is 54.1 Å². The maximum absolute atomic E-state index is 4.77. The first-order valence-corrected chi connectivity index (χ1v) is 8.36. The molecular formula is C19H23N5. The van der Waals surface area contributed by atoms with Crippen molar-refractivity contribution < 1.29 is 0 Å². The number of aliphatic imine (C=N–C) groups is 1. The molecule has 1 N–H and O–H groups in total. The van der Waals surface area contributed by atoms with Crippen molar-refractivity contribution in [3.63, 3.8) is 0 Å². The zero-order valence-corrected chi connectivity index (χ0v) is 14.4. The van der Waals surface area contributed by atoms with Crippen molar-refractivity contribution in [3.8, 4) is 0 Å². The van der Waals surface area contributed by atoms with E-state index < -0.39 is 0 Å². The minimum atomic E-state index is 0.523. The number of aromatic nitrogens is 3. The van der Waals surface area contributed by atoms with Crippen LogP contribution in [0.4, 0.5) is 5.69 Å². The van der Waals surface area contributed by atoms with Crippen molar-refractivity contribution >= 4 is 22.7 Å². The van der Waals surface area contributed by atoms with Crippen molar-refractivity contribution in [2.45, 2.75) is 27.2 Å². The van der Waals surface area contributed by atoms with Crippen LogP contribution >= 0.6 is 0 Å². The van der Waals surface area contributed by atoms with Gasteiger partial charge in [-0.25, -0.2) is 0 Å². The quantitative estimate of drug-likeness (QED) is 0.581. The molecule has 3 rings (SSSR count). The monoisotopic (exact) mass is 321 g/mol. The summed E-state index contributed by atoms with van der Waals surface area (Å²) in [5, 5.41) is 11.9. The van der Waals surface area contributed by atoms with Crippen LogP contribution in [0.15, 0.2) is 53.5 Å². The fourth-order valence-corrected chi connectivity index (χ4v) is 2.32. The fraction of sp³-hybridized carbons (Fsp3) is 0.316. The van der Waals surface area contributed by atoms with E-state index in [0.29, 0.717) is 11.9 Å². The summed E-state index contributed by atoms with van der Waals surface area (Å²) in [6, 6.07) is 16.2. The first kappa shape index (κ1) is 16.2. The van der Waals surface area contributed by atoms with E-state index in [4.69, 9.17) is 4.99 Å². The summed E-state index contributed by atoms with van der Waals surface area (Å²) in [6.45, 7) is 7.20. The summed E-state index contributed by atoms with van der Waals surface area (Å²) in [5.74, 6) is 1.22. The first-order chi connectivity index (χ1) is 11.7. The van der Waals surface area contributed by atoms with Crippen LogP contribution < -0.4 is 5.32 Å². The van der Waals surface area contributed by atoms with Crippen molar-refractivity contribution in [2.24, 2.45) is 10.9 Å². The molecule has 0 radical (unpaired) electrons. The van der Waals surface area contributed by atoms with Gasteiger partial charge in [-0.3, -0.25) is 4.99 Å². The molecule has 1 heterocycles. The van der Waals surface area contributed by atoms with Gasteiger partial charge in [-0.2, -0.15) is 4.68 Å². The lowest BCUT2D eigenvalue weighted by Gasteiger charge is -2.12. The van der Waals surface area contributed by atoms with Gasteiger partial charge in [0.15, 0.2) is 0 Å². The second kappa shape index (κ2) is 7.25. The number of aryl methyl sites for hydroxylation is 1. The van der Waals surface area contributed by atoms with Crippen LogP contribution in [0.2, 0.25) is 0 Å². The van der Waals surface area contributed by atoms with Crippen LogP contribution in [0, 0.1) is 12.8 Å². The van der Waals surface area contributed by atoms with Gasteiger partial charge in [0, 0.05) is 12.2 Å². The summed E-state index contributed by atoms with van der Waals surface area (Å²) < 4.78 is 1.78. The van der Waals surface area contributed by atoms with Gasteiger partial charge >= 0.3 is 0 Å². The molecule has 0 aliphatic carbocycles. The Morgan fingerprint density at radius 3 is 2.67 bits per heavy atom. The summed E-state index contributed by atoms with van der Waals surface area (Å²) in [5.41, 5.74) is 4.02. The fourth-order valence-electron chi connectivity index (χ4n) is 2.32. The molecule has 0 saturated carbocycles. The van der Waals surface area contributed by atoms with Crippen molar-refractivity contribution in [1.82, 2.24) is 15.0 Å². The van der Waals surface area contributed by atoms with E-state index in [1.807, 2.05) is 36.4 Å². The number of para-hydroxylation sites is 1. The molecular weight excluding hydrogens is 298 g/mol. The smallest absolute Gasteiger partial charge is 0.225 e. The average Bonchev–Trinajstić information content (AvgIpc) is 3.04. The number of anilines is 1. The Bertz CT molecular complexity index is 832. The summed E-state index contributed by atoms with van der Waals surface area (Å²) in [7, 11) is 0. The van der Waals surface area contributed by atoms with Gasteiger partial charge in [0.25, 0.3) is 0 Å². The minimum Gasteiger partial charge on any atom is -0.324 e. The normalized spacial score (nSPS) is 13.2. The van der Waals surface area contributed by atoms with Crippen molar-refractivity contribution in [1.29, 1.82) is 0 Å². The molecule has 0 amide bonds. The topological polar surface area (TPSA) is 55.1 Å². The van der Waals surface area contributed by atoms with E-state index >= 15 is 0 Å². The zero-order valence-electron chi connectivity index (χ0n) is 14.4. The highest BCUT2D eigenvalue weighted by Crippen LogP contribution is 2.13. The third kappa shape index (κ3) is 3.62. The highest BCUT2D eigenvalue weighted by molar-refractivity contribution is 5.99. The van der Waals surface area contributed by atoms with Crippen molar-refractivity contribution in [2.75, 3.05) is 11.9 Å². The largest absolute Gasteiger partial charge is 0.324 e. The number of hydrogen-bond donors (Lipinski definition) is 1. The summed E-state index contributed by atoms with van der Waals surface area (Å²) in [4.78, 5) is 4.77. The first-order valence-electron chi connectivity index (χ1n) is 8.36. The molecule has 24 heavy (non-hydrogen) atoms. The van der Waals surface area contributed by atoms with E-state index in [9.17, 15) is 0 Å². The number of benzene rings is 2. The number of nitrogens with zero attached hydrogens (tertiary/aromatic N) is 4. The molecule has 2 aromatic carbocycles. The molecule has 0 saturated heterocycles. The molecule has 0 aliphatic heterocycles. The van der Waals surface area contributed by atoms with E-state index in [-0.39, 0.29) is 0 Å².